The van der Waals surface area contributed by atoms with E-state index in [1.807, 2.05) is 19.9 Å². The topological polar surface area (TPSA) is 72.6 Å². The second-order valence-electron chi connectivity index (χ2n) is 4.17. The number of benzene rings is 1. The maximum absolute atomic E-state index is 11.3. The predicted molar refractivity (Wildman–Crippen MR) is 69.6 cm³/mol. The number of carbonyl (C=O) groups is 1. The Kier molecular flexibility index (Phi) is 3.55. The summed E-state index contributed by atoms with van der Waals surface area (Å²) in [5.41, 5.74) is 2.11. The molecule has 0 aliphatic heterocycles. The molecule has 0 bridgehead atoms. The van der Waals surface area contributed by atoms with Gasteiger partial charge in [0.25, 0.3) is 0 Å². The van der Waals surface area contributed by atoms with E-state index in [2.05, 4.69) is 5.16 Å². The molecule has 1 aromatic heterocycles. The van der Waals surface area contributed by atoms with Crippen molar-refractivity contribution in [2.24, 2.45) is 0 Å². The highest BCUT2D eigenvalue weighted by Gasteiger charge is 2.22. The zero-order chi connectivity index (χ0) is 14.0. The average molecular weight is 261 g/mol. The van der Waals surface area contributed by atoms with E-state index in [-0.39, 0.29) is 5.56 Å². The first-order chi connectivity index (χ1) is 9.08. The third-order valence-corrected chi connectivity index (χ3v) is 2.97. The van der Waals surface area contributed by atoms with Gasteiger partial charge in [0.05, 0.1) is 7.11 Å². The van der Waals surface area contributed by atoms with Gasteiger partial charge in [0.2, 0.25) is 0 Å². The van der Waals surface area contributed by atoms with Crippen molar-refractivity contribution in [1.29, 1.82) is 0 Å². The molecule has 0 amide bonds. The fraction of sp³-hybridized carbons (Fsp3) is 0.286. The van der Waals surface area contributed by atoms with E-state index in [4.69, 9.17) is 9.26 Å². The largest absolute Gasteiger partial charge is 0.496 e. The van der Waals surface area contributed by atoms with Crippen LogP contribution in [-0.2, 0) is 6.42 Å². The van der Waals surface area contributed by atoms with Crippen LogP contribution in [0.5, 0.6) is 5.75 Å². The van der Waals surface area contributed by atoms with Crippen LogP contribution in [0.3, 0.4) is 0 Å². The van der Waals surface area contributed by atoms with Crippen LogP contribution in [0, 0.1) is 6.92 Å². The zero-order valence-corrected chi connectivity index (χ0v) is 11.1. The van der Waals surface area contributed by atoms with Crippen molar-refractivity contribution >= 4 is 5.97 Å². The van der Waals surface area contributed by atoms with Crippen LogP contribution in [0.25, 0.3) is 11.3 Å². The normalized spacial score (nSPS) is 10.5. The van der Waals surface area contributed by atoms with Crippen LogP contribution in [0.2, 0.25) is 0 Å². The van der Waals surface area contributed by atoms with Crippen molar-refractivity contribution in [3.05, 3.63) is 35.1 Å². The fourth-order valence-corrected chi connectivity index (χ4v) is 2.01. The molecule has 0 radical (unpaired) electrons. The molecule has 1 aromatic carbocycles. The standard InChI is InChI=1S/C14H15NO4/c1-4-10-12(14(16)17)13(15-19-10)9-5-6-11(18-3)8(2)7-9/h5-7H,4H2,1-3H3,(H,16,17). The van der Waals surface area contributed by atoms with E-state index in [9.17, 15) is 9.90 Å². The van der Waals surface area contributed by atoms with E-state index in [1.165, 1.54) is 0 Å². The Hall–Kier alpha value is -2.30. The summed E-state index contributed by atoms with van der Waals surface area (Å²) in [6, 6.07) is 5.40. The van der Waals surface area contributed by atoms with Gasteiger partial charge in [-0.1, -0.05) is 12.1 Å². The molecule has 2 aromatic rings. The van der Waals surface area contributed by atoms with Crippen molar-refractivity contribution in [2.75, 3.05) is 7.11 Å². The molecule has 5 heteroatoms. The van der Waals surface area contributed by atoms with Crippen LogP contribution >= 0.6 is 0 Å². The van der Waals surface area contributed by atoms with Gasteiger partial charge in [0, 0.05) is 12.0 Å². The lowest BCUT2D eigenvalue weighted by molar-refractivity contribution is 0.0695. The lowest BCUT2D eigenvalue weighted by Crippen LogP contribution is -2.01. The molecule has 0 atom stereocenters. The number of hydrogen-bond donors (Lipinski definition) is 1. The quantitative estimate of drug-likeness (QED) is 0.916. The van der Waals surface area contributed by atoms with E-state index < -0.39 is 5.97 Å². The Balaban J connectivity index is 2.56. The lowest BCUT2D eigenvalue weighted by Gasteiger charge is -2.06. The molecular weight excluding hydrogens is 246 g/mol. The molecule has 5 nitrogen and oxygen atoms in total. The zero-order valence-electron chi connectivity index (χ0n) is 11.1. The van der Waals surface area contributed by atoms with Gasteiger partial charge < -0.3 is 14.4 Å². The molecule has 0 unspecified atom stereocenters. The lowest BCUT2D eigenvalue weighted by atomic mass is 10.0. The number of rotatable bonds is 4. The minimum Gasteiger partial charge on any atom is -0.496 e. The summed E-state index contributed by atoms with van der Waals surface area (Å²) in [5.74, 6) is 0.109. The molecule has 100 valence electrons. The number of aromatic carboxylic acids is 1. The molecule has 2 rings (SSSR count). The number of carboxylic acids is 1. The molecule has 1 heterocycles. The minimum absolute atomic E-state index is 0.132. The first-order valence-electron chi connectivity index (χ1n) is 5.95. The van der Waals surface area contributed by atoms with Crippen LogP contribution in [0.1, 0.15) is 28.6 Å². The Labute approximate surface area is 110 Å². The second-order valence-corrected chi connectivity index (χ2v) is 4.17. The van der Waals surface area contributed by atoms with Crippen LogP contribution in [0.4, 0.5) is 0 Å². The summed E-state index contributed by atoms with van der Waals surface area (Å²) in [7, 11) is 1.59. The molecule has 0 fully saturated rings. The van der Waals surface area contributed by atoms with Gasteiger partial charge >= 0.3 is 5.97 Å². The van der Waals surface area contributed by atoms with E-state index in [1.54, 1.807) is 19.2 Å². The summed E-state index contributed by atoms with van der Waals surface area (Å²) < 4.78 is 10.3. The minimum atomic E-state index is -1.03. The number of ether oxygens (including phenoxy) is 1. The number of methoxy groups -OCH3 is 1. The summed E-state index contributed by atoms with van der Waals surface area (Å²) in [6.45, 7) is 3.72. The molecule has 0 aliphatic rings. The number of aryl methyl sites for hydroxylation is 2. The number of carboxylic acid groups (broad SMARTS) is 1. The van der Waals surface area contributed by atoms with Crippen molar-refractivity contribution in [3.8, 4) is 17.0 Å². The Bertz CT molecular complexity index is 616. The molecule has 1 N–H and O–H groups in total. The fourth-order valence-electron chi connectivity index (χ4n) is 2.01. The predicted octanol–water partition coefficient (Wildman–Crippen LogP) is 2.92. The van der Waals surface area contributed by atoms with Crippen LogP contribution < -0.4 is 4.74 Å². The molecule has 0 saturated carbocycles. The summed E-state index contributed by atoms with van der Waals surface area (Å²) in [6.07, 6.45) is 0.490. The number of nitrogens with zero attached hydrogens (tertiary/aromatic N) is 1. The Morgan fingerprint density at radius 2 is 2.21 bits per heavy atom. The van der Waals surface area contributed by atoms with Gasteiger partial charge in [0.1, 0.15) is 17.0 Å². The van der Waals surface area contributed by atoms with Gasteiger partial charge in [-0.2, -0.15) is 0 Å². The summed E-state index contributed by atoms with van der Waals surface area (Å²) in [5, 5.41) is 13.2. The smallest absolute Gasteiger partial charge is 0.341 e. The van der Waals surface area contributed by atoms with Crippen molar-refractivity contribution < 1.29 is 19.2 Å². The van der Waals surface area contributed by atoms with Gasteiger partial charge in [-0.25, -0.2) is 4.79 Å². The average Bonchev–Trinajstić information content (AvgIpc) is 2.82. The van der Waals surface area contributed by atoms with Crippen molar-refractivity contribution in [2.45, 2.75) is 20.3 Å². The van der Waals surface area contributed by atoms with Gasteiger partial charge in [-0.05, 0) is 30.7 Å². The third kappa shape index (κ3) is 2.31. The molecular formula is C14H15NO4. The highest BCUT2D eigenvalue weighted by atomic mass is 16.5. The van der Waals surface area contributed by atoms with E-state index in [0.29, 0.717) is 23.4 Å². The molecule has 0 aliphatic carbocycles. The Morgan fingerprint density at radius 3 is 2.74 bits per heavy atom. The highest BCUT2D eigenvalue weighted by Crippen LogP contribution is 2.29. The number of hydrogen-bond acceptors (Lipinski definition) is 4. The van der Waals surface area contributed by atoms with Crippen molar-refractivity contribution in [1.82, 2.24) is 5.16 Å². The first-order valence-corrected chi connectivity index (χ1v) is 5.95. The van der Waals surface area contributed by atoms with Gasteiger partial charge in [-0.15, -0.1) is 0 Å². The second kappa shape index (κ2) is 5.14. The highest BCUT2D eigenvalue weighted by molar-refractivity contribution is 5.95. The molecule has 0 spiro atoms. The van der Waals surface area contributed by atoms with Crippen molar-refractivity contribution in [3.63, 3.8) is 0 Å². The van der Waals surface area contributed by atoms with Crippen LogP contribution in [-0.4, -0.2) is 23.3 Å². The maximum Gasteiger partial charge on any atom is 0.341 e. The van der Waals surface area contributed by atoms with Gasteiger partial charge in [-0.3, -0.25) is 0 Å². The van der Waals surface area contributed by atoms with E-state index >= 15 is 0 Å². The SMILES string of the molecule is CCc1onc(-c2ccc(OC)c(C)c2)c1C(=O)O. The third-order valence-electron chi connectivity index (χ3n) is 2.97. The summed E-state index contributed by atoms with van der Waals surface area (Å²) in [4.78, 5) is 11.3. The summed E-state index contributed by atoms with van der Waals surface area (Å²) >= 11 is 0. The number of aromatic nitrogens is 1. The monoisotopic (exact) mass is 261 g/mol. The molecule has 0 saturated heterocycles. The molecule has 19 heavy (non-hydrogen) atoms. The first kappa shape index (κ1) is 13.1. The van der Waals surface area contributed by atoms with E-state index in [0.717, 1.165) is 11.3 Å². The van der Waals surface area contributed by atoms with Crippen LogP contribution in [0.15, 0.2) is 22.7 Å². The Morgan fingerprint density at radius 1 is 1.47 bits per heavy atom. The maximum atomic E-state index is 11.3. The van der Waals surface area contributed by atoms with Gasteiger partial charge in [0.15, 0.2) is 5.76 Å².